The van der Waals surface area contributed by atoms with Crippen molar-refractivity contribution in [2.45, 2.75) is 25.3 Å². The molecular formula is C11H17Cl2O6P. The second-order valence-corrected chi connectivity index (χ2v) is 6.71. The largest absolute Gasteiger partial charge is 0.347 e. The van der Waals surface area contributed by atoms with E-state index in [1.807, 2.05) is 0 Å². The highest BCUT2D eigenvalue weighted by Gasteiger charge is 2.64. The molecule has 0 saturated heterocycles. The SMILES string of the molecule is CCOP(=O)(OCC)C1C(=O)C(Cl)=C(Cl)C1(OC)OC. The molecule has 0 spiro atoms. The standard InChI is InChI=1S/C11H17Cl2O6P/c1-5-18-20(15,19-6-2)10-8(14)7(12)9(13)11(10,16-3)17-4/h10H,5-6H2,1-4H3. The summed E-state index contributed by atoms with van der Waals surface area (Å²) in [6.45, 7) is 3.42. The van der Waals surface area contributed by atoms with Gasteiger partial charge in [-0.1, -0.05) is 23.2 Å². The number of carbonyl (C=O) groups is 1. The van der Waals surface area contributed by atoms with Gasteiger partial charge in [0.2, 0.25) is 5.79 Å². The van der Waals surface area contributed by atoms with Crippen LogP contribution < -0.4 is 0 Å². The van der Waals surface area contributed by atoms with E-state index in [1.54, 1.807) is 13.8 Å². The molecule has 1 aliphatic rings. The van der Waals surface area contributed by atoms with Crippen LogP contribution in [-0.2, 0) is 27.9 Å². The molecule has 0 aromatic heterocycles. The number of methoxy groups -OCH3 is 2. The summed E-state index contributed by atoms with van der Waals surface area (Å²) in [5, 5.41) is -0.459. The van der Waals surface area contributed by atoms with Crippen molar-refractivity contribution in [2.75, 3.05) is 27.4 Å². The first kappa shape index (κ1) is 18.1. The van der Waals surface area contributed by atoms with Crippen LogP contribution in [0.5, 0.6) is 0 Å². The van der Waals surface area contributed by atoms with Crippen molar-refractivity contribution in [3.05, 3.63) is 10.1 Å². The molecule has 1 unspecified atom stereocenters. The maximum Gasteiger partial charge on any atom is 0.347 e. The predicted molar refractivity (Wildman–Crippen MR) is 75.1 cm³/mol. The summed E-state index contributed by atoms with van der Waals surface area (Å²) in [7, 11) is -1.33. The van der Waals surface area contributed by atoms with Crippen LogP contribution in [0.2, 0.25) is 0 Å². The molecule has 0 fully saturated rings. The Labute approximate surface area is 127 Å². The van der Waals surface area contributed by atoms with E-state index in [-0.39, 0.29) is 23.3 Å². The molecule has 0 aromatic carbocycles. The number of ketones is 1. The maximum atomic E-state index is 12.9. The average Bonchev–Trinajstić information content (AvgIpc) is 2.61. The zero-order valence-corrected chi connectivity index (χ0v) is 14.1. The van der Waals surface area contributed by atoms with E-state index in [0.717, 1.165) is 0 Å². The number of hydrogen-bond acceptors (Lipinski definition) is 6. The van der Waals surface area contributed by atoms with Gasteiger partial charge in [-0.2, -0.15) is 0 Å². The lowest BCUT2D eigenvalue weighted by Gasteiger charge is -2.35. The normalized spacial score (nSPS) is 22.7. The minimum absolute atomic E-state index is 0.0831. The predicted octanol–water partition coefficient (Wildman–Crippen LogP) is 2.88. The fourth-order valence-corrected chi connectivity index (χ4v) is 5.07. The van der Waals surface area contributed by atoms with Gasteiger partial charge in [-0.3, -0.25) is 9.36 Å². The summed E-state index contributed by atoms with van der Waals surface area (Å²) in [5.74, 6) is -2.46. The summed E-state index contributed by atoms with van der Waals surface area (Å²) >= 11 is 11.9. The molecule has 116 valence electrons. The van der Waals surface area contributed by atoms with Crippen LogP contribution in [0.4, 0.5) is 0 Å². The molecule has 1 rings (SSSR count). The highest BCUT2D eigenvalue weighted by atomic mass is 35.5. The molecule has 0 aromatic rings. The molecule has 0 heterocycles. The highest BCUT2D eigenvalue weighted by molar-refractivity contribution is 7.56. The van der Waals surface area contributed by atoms with Gasteiger partial charge in [0, 0.05) is 14.2 Å². The fraction of sp³-hybridized carbons (Fsp3) is 0.727. The molecule has 0 radical (unpaired) electrons. The molecule has 9 heteroatoms. The van der Waals surface area contributed by atoms with E-state index in [4.69, 9.17) is 41.7 Å². The lowest BCUT2D eigenvalue weighted by molar-refractivity contribution is -0.174. The zero-order chi connectivity index (χ0) is 15.6. The van der Waals surface area contributed by atoms with Crippen LogP contribution in [0.15, 0.2) is 10.1 Å². The third kappa shape index (κ3) is 2.71. The zero-order valence-electron chi connectivity index (χ0n) is 11.6. The molecule has 20 heavy (non-hydrogen) atoms. The number of halogens is 2. The van der Waals surface area contributed by atoms with E-state index < -0.39 is 24.8 Å². The summed E-state index contributed by atoms with van der Waals surface area (Å²) in [5.41, 5.74) is -1.40. The van der Waals surface area contributed by atoms with E-state index in [1.165, 1.54) is 14.2 Å². The third-order valence-electron chi connectivity index (χ3n) is 2.86. The van der Waals surface area contributed by atoms with Crippen molar-refractivity contribution in [2.24, 2.45) is 0 Å². The quantitative estimate of drug-likeness (QED) is 0.521. The average molecular weight is 347 g/mol. The Bertz CT molecular complexity index is 450. The minimum atomic E-state index is -3.86. The molecule has 0 aliphatic heterocycles. The molecule has 0 amide bonds. The number of Topliss-reactive ketones (excluding diaryl/α,β-unsaturated/α-hetero) is 1. The van der Waals surface area contributed by atoms with Crippen LogP contribution in [0, 0.1) is 0 Å². The topological polar surface area (TPSA) is 71.1 Å². The Morgan fingerprint density at radius 2 is 1.60 bits per heavy atom. The minimum Gasteiger partial charge on any atom is -0.347 e. The Balaban J connectivity index is 3.40. The Kier molecular flexibility index (Phi) is 6.23. The van der Waals surface area contributed by atoms with E-state index >= 15 is 0 Å². The van der Waals surface area contributed by atoms with Gasteiger partial charge in [0.05, 0.1) is 13.2 Å². The molecule has 1 atom stereocenters. The van der Waals surface area contributed by atoms with Crippen LogP contribution in [-0.4, -0.2) is 44.7 Å². The number of rotatable bonds is 7. The van der Waals surface area contributed by atoms with Crippen molar-refractivity contribution < 1.29 is 27.9 Å². The van der Waals surface area contributed by atoms with Gasteiger partial charge in [0.1, 0.15) is 10.1 Å². The highest BCUT2D eigenvalue weighted by Crippen LogP contribution is 2.63. The molecule has 0 N–H and O–H groups in total. The van der Waals surface area contributed by atoms with E-state index in [2.05, 4.69) is 0 Å². The molecule has 0 saturated carbocycles. The number of allylic oxidation sites excluding steroid dienone is 1. The number of hydrogen-bond donors (Lipinski definition) is 0. The molecule has 1 aliphatic carbocycles. The first-order chi connectivity index (χ1) is 9.34. The molecule has 0 bridgehead atoms. The smallest absolute Gasteiger partial charge is 0.347 e. The fourth-order valence-electron chi connectivity index (χ4n) is 2.06. The first-order valence-corrected chi connectivity index (χ1v) is 8.30. The Morgan fingerprint density at radius 3 is 1.95 bits per heavy atom. The van der Waals surface area contributed by atoms with Crippen LogP contribution in [0.3, 0.4) is 0 Å². The van der Waals surface area contributed by atoms with E-state index in [9.17, 15) is 9.36 Å². The van der Waals surface area contributed by atoms with Gasteiger partial charge >= 0.3 is 7.60 Å². The van der Waals surface area contributed by atoms with Crippen LogP contribution in [0.25, 0.3) is 0 Å². The van der Waals surface area contributed by atoms with Crippen LogP contribution >= 0.6 is 30.8 Å². The lowest BCUT2D eigenvalue weighted by atomic mass is 10.2. The van der Waals surface area contributed by atoms with Crippen molar-refractivity contribution in [3.63, 3.8) is 0 Å². The van der Waals surface area contributed by atoms with E-state index in [0.29, 0.717) is 0 Å². The summed E-state index contributed by atoms with van der Waals surface area (Å²) < 4.78 is 33.7. The summed E-state index contributed by atoms with van der Waals surface area (Å²) in [6.07, 6.45) is 0. The number of carbonyl (C=O) groups excluding carboxylic acids is 1. The number of ether oxygens (including phenoxy) is 2. The Morgan fingerprint density at radius 1 is 1.15 bits per heavy atom. The monoisotopic (exact) mass is 346 g/mol. The van der Waals surface area contributed by atoms with Crippen molar-refractivity contribution in [1.29, 1.82) is 0 Å². The van der Waals surface area contributed by atoms with Gasteiger partial charge in [0.25, 0.3) is 0 Å². The Hall–Kier alpha value is 0.0600. The van der Waals surface area contributed by atoms with Gasteiger partial charge in [-0.25, -0.2) is 0 Å². The lowest BCUT2D eigenvalue weighted by Crippen LogP contribution is -2.46. The third-order valence-corrected chi connectivity index (χ3v) is 6.23. The summed E-state index contributed by atoms with van der Waals surface area (Å²) in [4.78, 5) is 12.3. The van der Waals surface area contributed by atoms with Crippen molar-refractivity contribution in [1.82, 2.24) is 0 Å². The molecular weight excluding hydrogens is 330 g/mol. The maximum absolute atomic E-state index is 12.9. The first-order valence-electron chi connectivity index (χ1n) is 5.93. The second-order valence-electron chi connectivity index (χ2n) is 3.85. The van der Waals surface area contributed by atoms with Gasteiger partial charge < -0.3 is 18.5 Å². The van der Waals surface area contributed by atoms with Gasteiger partial charge in [0.15, 0.2) is 11.4 Å². The van der Waals surface area contributed by atoms with Gasteiger partial charge in [-0.15, -0.1) is 0 Å². The van der Waals surface area contributed by atoms with Gasteiger partial charge in [-0.05, 0) is 13.8 Å². The summed E-state index contributed by atoms with van der Waals surface area (Å²) in [6, 6.07) is 0. The second kappa shape index (κ2) is 6.88. The molecule has 6 nitrogen and oxygen atoms in total. The van der Waals surface area contributed by atoms with Crippen molar-refractivity contribution in [3.8, 4) is 0 Å². The van der Waals surface area contributed by atoms with Crippen molar-refractivity contribution >= 4 is 36.6 Å². The van der Waals surface area contributed by atoms with Crippen LogP contribution in [0.1, 0.15) is 13.8 Å².